The molecular weight excluding hydrogens is 236 g/mol. The predicted octanol–water partition coefficient (Wildman–Crippen LogP) is 2.70. The molecule has 0 aromatic carbocycles. The van der Waals surface area contributed by atoms with Gasteiger partial charge in [-0.1, -0.05) is 45.4 Å². The van der Waals surface area contributed by atoms with Crippen molar-refractivity contribution < 1.29 is 0 Å². The Hall–Kier alpha value is -0.770. The molecule has 0 bridgehead atoms. The van der Waals surface area contributed by atoms with Crippen molar-refractivity contribution in [1.29, 1.82) is 0 Å². The second-order valence-corrected chi connectivity index (χ2v) is 6.12. The Labute approximate surface area is 117 Å². The topological polar surface area (TPSA) is 62.4 Å². The lowest BCUT2D eigenvalue weighted by atomic mass is 9.83. The van der Waals surface area contributed by atoms with Crippen LogP contribution in [0.1, 0.15) is 71.1 Å². The molecule has 2 aliphatic rings. The molecule has 2 fully saturated rings. The van der Waals surface area contributed by atoms with Gasteiger partial charge < -0.3 is 5.32 Å². The van der Waals surface area contributed by atoms with Crippen LogP contribution in [0.4, 0.5) is 0 Å². The monoisotopic (exact) mass is 266 g/mol. The van der Waals surface area contributed by atoms with Crippen LogP contribution in [0.5, 0.6) is 0 Å². The maximum absolute atomic E-state index is 5.65. The van der Waals surface area contributed by atoms with Crippen LogP contribution in [0, 0.1) is 5.92 Å². The SMILES string of the molecule is CCC1CCCCC1N=C(NN)NC1CCCCC1. The number of aliphatic imine (C=N–C) groups is 1. The van der Waals surface area contributed by atoms with E-state index in [1.165, 1.54) is 64.2 Å². The van der Waals surface area contributed by atoms with Crippen LogP contribution in [-0.2, 0) is 0 Å². The summed E-state index contributed by atoms with van der Waals surface area (Å²) in [5, 5.41) is 3.51. The molecule has 2 saturated carbocycles. The van der Waals surface area contributed by atoms with Gasteiger partial charge >= 0.3 is 0 Å². The summed E-state index contributed by atoms with van der Waals surface area (Å²) in [6.07, 6.45) is 13.0. The van der Waals surface area contributed by atoms with Crippen LogP contribution in [0.25, 0.3) is 0 Å². The van der Waals surface area contributed by atoms with E-state index in [1.807, 2.05) is 0 Å². The van der Waals surface area contributed by atoms with Gasteiger partial charge in [-0.05, 0) is 31.6 Å². The fourth-order valence-corrected chi connectivity index (χ4v) is 3.56. The largest absolute Gasteiger partial charge is 0.353 e. The summed E-state index contributed by atoms with van der Waals surface area (Å²) in [4.78, 5) is 4.87. The predicted molar refractivity (Wildman–Crippen MR) is 80.8 cm³/mol. The summed E-state index contributed by atoms with van der Waals surface area (Å²) in [7, 11) is 0. The van der Waals surface area contributed by atoms with E-state index in [-0.39, 0.29) is 0 Å². The van der Waals surface area contributed by atoms with Crippen LogP contribution >= 0.6 is 0 Å². The molecule has 0 amide bonds. The van der Waals surface area contributed by atoms with E-state index < -0.39 is 0 Å². The second kappa shape index (κ2) is 7.73. The maximum atomic E-state index is 5.65. The minimum Gasteiger partial charge on any atom is -0.353 e. The van der Waals surface area contributed by atoms with Gasteiger partial charge in [-0.15, -0.1) is 0 Å². The highest BCUT2D eigenvalue weighted by molar-refractivity contribution is 5.79. The molecule has 2 aliphatic carbocycles. The highest BCUT2D eigenvalue weighted by Crippen LogP contribution is 2.29. The lowest BCUT2D eigenvalue weighted by molar-refractivity contribution is 0.300. The normalized spacial score (nSPS) is 30.1. The molecule has 19 heavy (non-hydrogen) atoms. The molecule has 2 rings (SSSR count). The lowest BCUT2D eigenvalue weighted by Gasteiger charge is -2.30. The van der Waals surface area contributed by atoms with E-state index >= 15 is 0 Å². The molecule has 0 aliphatic heterocycles. The second-order valence-electron chi connectivity index (χ2n) is 6.12. The molecule has 0 heterocycles. The Morgan fingerprint density at radius 2 is 1.74 bits per heavy atom. The maximum Gasteiger partial charge on any atom is 0.206 e. The average Bonchev–Trinajstić information content (AvgIpc) is 2.48. The molecule has 2 atom stereocenters. The van der Waals surface area contributed by atoms with Gasteiger partial charge in [0.1, 0.15) is 0 Å². The highest BCUT2D eigenvalue weighted by atomic mass is 15.3. The smallest absolute Gasteiger partial charge is 0.206 e. The number of nitrogens with two attached hydrogens (primary N) is 1. The number of guanidine groups is 1. The van der Waals surface area contributed by atoms with Crippen molar-refractivity contribution in [1.82, 2.24) is 10.7 Å². The van der Waals surface area contributed by atoms with Crippen LogP contribution in [0.3, 0.4) is 0 Å². The molecule has 0 aromatic heterocycles. The quantitative estimate of drug-likeness (QED) is 0.318. The summed E-state index contributed by atoms with van der Waals surface area (Å²) >= 11 is 0. The van der Waals surface area contributed by atoms with Gasteiger partial charge in [-0.2, -0.15) is 0 Å². The molecule has 4 heteroatoms. The zero-order chi connectivity index (χ0) is 13.5. The third-order valence-corrected chi connectivity index (χ3v) is 4.77. The van der Waals surface area contributed by atoms with Crippen LogP contribution in [0.15, 0.2) is 4.99 Å². The van der Waals surface area contributed by atoms with Crippen molar-refractivity contribution in [3.05, 3.63) is 0 Å². The zero-order valence-electron chi connectivity index (χ0n) is 12.3. The standard InChI is InChI=1S/C15H30N4/c1-2-12-8-6-7-11-14(12)18-15(19-16)17-13-9-4-3-5-10-13/h12-14H,2-11,16H2,1H3,(H2,17,18,19). The number of hydrogen-bond acceptors (Lipinski definition) is 2. The molecular formula is C15H30N4. The molecule has 2 unspecified atom stereocenters. The highest BCUT2D eigenvalue weighted by Gasteiger charge is 2.24. The van der Waals surface area contributed by atoms with Crippen molar-refractivity contribution >= 4 is 5.96 Å². The Kier molecular flexibility index (Phi) is 5.95. The Morgan fingerprint density at radius 1 is 1.05 bits per heavy atom. The summed E-state index contributed by atoms with van der Waals surface area (Å²) < 4.78 is 0. The van der Waals surface area contributed by atoms with Gasteiger partial charge in [0.05, 0.1) is 6.04 Å². The minimum atomic E-state index is 0.459. The molecule has 0 radical (unpaired) electrons. The molecule has 4 N–H and O–H groups in total. The van der Waals surface area contributed by atoms with E-state index in [9.17, 15) is 0 Å². The Bertz CT molecular complexity index is 284. The zero-order valence-corrected chi connectivity index (χ0v) is 12.3. The van der Waals surface area contributed by atoms with Crippen molar-refractivity contribution in [3.63, 3.8) is 0 Å². The van der Waals surface area contributed by atoms with Gasteiger partial charge in [0, 0.05) is 6.04 Å². The van der Waals surface area contributed by atoms with Crippen LogP contribution in [0.2, 0.25) is 0 Å². The first-order chi connectivity index (χ1) is 9.33. The van der Waals surface area contributed by atoms with E-state index in [0.29, 0.717) is 12.1 Å². The summed E-state index contributed by atoms with van der Waals surface area (Å²) in [5.74, 6) is 7.21. The number of nitrogens with one attached hydrogen (secondary N) is 2. The third-order valence-electron chi connectivity index (χ3n) is 4.77. The first-order valence-electron chi connectivity index (χ1n) is 8.14. The molecule has 4 nitrogen and oxygen atoms in total. The lowest BCUT2D eigenvalue weighted by Crippen LogP contribution is -2.48. The molecule has 0 spiro atoms. The minimum absolute atomic E-state index is 0.459. The Morgan fingerprint density at radius 3 is 2.42 bits per heavy atom. The number of hydrogen-bond donors (Lipinski definition) is 3. The number of nitrogens with zero attached hydrogens (tertiary/aromatic N) is 1. The van der Waals surface area contributed by atoms with Gasteiger partial charge in [0.25, 0.3) is 0 Å². The third kappa shape index (κ3) is 4.37. The van der Waals surface area contributed by atoms with Crippen molar-refractivity contribution in [2.75, 3.05) is 0 Å². The van der Waals surface area contributed by atoms with Gasteiger partial charge in [0.15, 0.2) is 0 Å². The van der Waals surface area contributed by atoms with Crippen molar-refractivity contribution in [3.8, 4) is 0 Å². The molecule has 0 saturated heterocycles. The summed E-state index contributed by atoms with van der Waals surface area (Å²) in [6.45, 7) is 2.28. The van der Waals surface area contributed by atoms with Gasteiger partial charge in [-0.3, -0.25) is 5.43 Å². The first-order valence-corrected chi connectivity index (χ1v) is 8.14. The Balaban J connectivity index is 1.92. The van der Waals surface area contributed by atoms with E-state index in [0.717, 1.165) is 11.9 Å². The van der Waals surface area contributed by atoms with E-state index in [1.54, 1.807) is 0 Å². The van der Waals surface area contributed by atoms with Crippen molar-refractivity contribution in [2.24, 2.45) is 16.8 Å². The van der Waals surface area contributed by atoms with Gasteiger partial charge in [-0.25, -0.2) is 10.8 Å². The van der Waals surface area contributed by atoms with Crippen LogP contribution < -0.4 is 16.6 Å². The molecule has 0 aromatic rings. The van der Waals surface area contributed by atoms with E-state index in [2.05, 4.69) is 17.7 Å². The number of rotatable bonds is 3. The fraction of sp³-hybridized carbons (Fsp3) is 0.933. The summed E-state index contributed by atoms with van der Waals surface area (Å²) in [5.41, 5.74) is 2.78. The van der Waals surface area contributed by atoms with Crippen LogP contribution in [-0.4, -0.2) is 18.0 Å². The van der Waals surface area contributed by atoms with Gasteiger partial charge in [0.2, 0.25) is 5.96 Å². The number of hydrazine groups is 1. The van der Waals surface area contributed by atoms with Crippen molar-refractivity contribution in [2.45, 2.75) is 83.2 Å². The average molecular weight is 266 g/mol. The molecule has 110 valence electrons. The van der Waals surface area contributed by atoms with E-state index in [4.69, 9.17) is 10.8 Å². The summed E-state index contributed by atoms with van der Waals surface area (Å²) in [6, 6.07) is 1.02. The fourth-order valence-electron chi connectivity index (χ4n) is 3.56. The first kappa shape index (κ1) is 14.6.